The zero-order valence-electron chi connectivity index (χ0n) is 12.7. The smallest absolute Gasteiger partial charge is 0.128 e. The van der Waals surface area contributed by atoms with Crippen molar-refractivity contribution in [2.45, 2.75) is 12.4 Å². The lowest BCUT2D eigenvalue weighted by atomic mass is 10.2. The zero-order chi connectivity index (χ0) is 15.2. The van der Waals surface area contributed by atoms with Crippen molar-refractivity contribution in [1.82, 2.24) is 0 Å². The fourth-order valence-corrected chi connectivity index (χ4v) is 3.25. The molecule has 1 atom stereocenters. The Balaban J connectivity index is 1.44. The van der Waals surface area contributed by atoms with E-state index in [-0.39, 0.29) is 5.44 Å². The van der Waals surface area contributed by atoms with Gasteiger partial charge in [-0.25, -0.2) is 0 Å². The summed E-state index contributed by atoms with van der Waals surface area (Å²) in [6, 6.07) is 16.1. The van der Waals surface area contributed by atoms with Gasteiger partial charge >= 0.3 is 0 Å². The molecule has 0 spiro atoms. The van der Waals surface area contributed by atoms with Crippen molar-refractivity contribution in [2.75, 3.05) is 25.6 Å². The third-order valence-electron chi connectivity index (χ3n) is 3.48. The Morgan fingerprint density at radius 1 is 1.05 bits per heavy atom. The zero-order valence-corrected chi connectivity index (χ0v) is 13.5. The summed E-state index contributed by atoms with van der Waals surface area (Å²) in [5, 5.41) is 0. The summed E-state index contributed by atoms with van der Waals surface area (Å²) >= 11 is 1.84. The topological polar surface area (TPSA) is 27.7 Å². The summed E-state index contributed by atoms with van der Waals surface area (Å²) in [6.45, 7) is 3.94. The van der Waals surface area contributed by atoms with Gasteiger partial charge in [0.05, 0.1) is 6.61 Å². The summed E-state index contributed by atoms with van der Waals surface area (Å²) in [5.74, 6) is 2.84. The Kier molecular flexibility index (Phi) is 5.24. The number of ether oxygens (including phenoxy) is 3. The van der Waals surface area contributed by atoms with Crippen molar-refractivity contribution in [3.8, 4) is 11.5 Å². The molecule has 0 aliphatic carbocycles. The van der Waals surface area contributed by atoms with E-state index in [9.17, 15) is 0 Å². The lowest BCUT2D eigenvalue weighted by Crippen LogP contribution is -2.09. The number of hydrogen-bond donors (Lipinski definition) is 0. The second-order valence-corrected chi connectivity index (χ2v) is 6.27. The van der Waals surface area contributed by atoms with Crippen LogP contribution in [0.1, 0.15) is 16.6 Å². The molecule has 4 heteroatoms. The Bertz CT molecular complexity index is 592. The molecular weight excluding hydrogens is 296 g/mol. The highest BCUT2D eigenvalue weighted by Crippen LogP contribution is 2.35. The molecule has 1 fully saturated rings. The quantitative estimate of drug-likeness (QED) is 0.746. The number of benzene rings is 2. The number of thioether (sulfide) groups is 1. The molecule has 1 aliphatic heterocycles. The van der Waals surface area contributed by atoms with Gasteiger partial charge in [0.25, 0.3) is 0 Å². The molecule has 3 nitrogen and oxygen atoms in total. The van der Waals surface area contributed by atoms with Gasteiger partial charge in [0.2, 0.25) is 0 Å². The van der Waals surface area contributed by atoms with Crippen LogP contribution in [0.2, 0.25) is 0 Å². The highest BCUT2D eigenvalue weighted by molar-refractivity contribution is 7.99. The predicted octanol–water partition coefficient (Wildman–Crippen LogP) is 4.21. The number of para-hydroxylation sites is 1. The lowest BCUT2D eigenvalue weighted by Gasteiger charge is -2.12. The molecule has 0 N–H and O–H groups in total. The van der Waals surface area contributed by atoms with E-state index in [2.05, 4.69) is 12.1 Å². The van der Waals surface area contributed by atoms with Gasteiger partial charge in [0.15, 0.2) is 0 Å². The maximum atomic E-state index is 5.72. The van der Waals surface area contributed by atoms with E-state index >= 15 is 0 Å². The van der Waals surface area contributed by atoms with Crippen molar-refractivity contribution < 1.29 is 14.2 Å². The predicted molar refractivity (Wildman–Crippen MR) is 89.8 cm³/mol. The summed E-state index contributed by atoms with van der Waals surface area (Å²) in [5.41, 5.74) is 2.52. The average Bonchev–Trinajstić information content (AvgIpc) is 3.08. The molecule has 2 aromatic carbocycles. The monoisotopic (exact) mass is 316 g/mol. The van der Waals surface area contributed by atoms with E-state index in [1.807, 2.05) is 55.1 Å². The van der Waals surface area contributed by atoms with Crippen LogP contribution in [-0.2, 0) is 4.74 Å². The van der Waals surface area contributed by atoms with E-state index < -0.39 is 0 Å². The van der Waals surface area contributed by atoms with Crippen molar-refractivity contribution in [1.29, 1.82) is 0 Å². The summed E-state index contributed by atoms with van der Waals surface area (Å²) in [7, 11) is 0. The first kappa shape index (κ1) is 15.3. The minimum atomic E-state index is 0.179. The maximum Gasteiger partial charge on any atom is 0.128 e. The van der Waals surface area contributed by atoms with Crippen LogP contribution < -0.4 is 9.47 Å². The van der Waals surface area contributed by atoms with Crippen LogP contribution in [-0.4, -0.2) is 25.6 Å². The van der Waals surface area contributed by atoms with Gasteiger partial charge in [0, 0.05) is 5.75 Å². The van der Waals surface area contributed by atoms with Gasteiger partial charge in [0.1, 0.15) is 30.1 Å². The maximum absolute atomic E-state index is 5.72. The van der Waals surface area contributed by atoms with Gasteiger partial charge < -0.3 is 14.2 Å². The van der Waals surface area contributed by atoms with Crippen molar-refractivity contribution in [3.05, 3.63) is 59.7 Å². The molecule has 22 heavy (non-hydrogen) atoms. The molecule has 0 saturated carbocycles. The summed E-state index contributed by atoms with van der Waals surface area (Å²) < 4.78 is 17.1. The van der Waals surface area contributed by atoms with Gasteiger partial charge in [-0.3, -0.25) is 0 Å². The minimum Gasteiger partial charge on any atom is -0.490 e. The number of rotatable bonds is 6. The molecule has 1 aliphatic rings. The highest BCUT2D eigenvalue weighted by atomic mass is 32.2. The average molecular weight is 316 g/mol. The molecule has 1 saturated heterocycles. The van der Waals surface area contributed by atoms with Crippen molar-refractivity contribution in [2.24, 2.45) is 0 Å². The standard InChI is InChI=1S/C18H20O3S/c1-14-4-2-3-5-17(14)20-11-10-19-16-8-6-15(7-9-16)18-21-12-13-22-18/h2-9,18H,10-13H2,1H3. The van der Waals surface area contributed by atoms with Crippen LogP contribution in [0, 0.1) is 6.92 Å². The molecule has 0 amide bonds. The SMILES string of the molecule is Cc1ccccc1OCCOc1ccc(C2OCCS2)cc1. The first-order chi connectivity index (χ1) is 10.8. The normalized spacial score (nSPS) is 17.4. The van der Waals surface area contributed by atoms with Crippen LogP contribution in [0.15, 0.2) is 48.5 Å². The molecular formula is C18H20O3S. The van der Waals surface area contributed by atoms with Crippen molar-refractivity contribution >= 4 is 11.8 Å². The van der Waals surface area contributed by atoms with Gasteiger partial charge in [-0.05, 0) is 36.2 Å². The van der Waals surface area contributed by atoms with Crippen LogP contribution in [0.4, 0.5) is 0 Å². The molecule has 1 heterocycles. The van der Waals surface area contributed by atoms with E-state index in [0.717, 1.165) is 29.4 Å². The summed E-state index contributed by atoms with van der Waals surface area (Å²) in [6.07, 6.45) is 0. The van der Waals surface area contributed by atoms with Crippen LogP contribution in [0.3, 0.4) is 0 Å². The molecule has 0 radical (unpaired) electrons. The van der Waals surface area contributed by atoms with E-state index in [1.165, 1.54) is 5.56 Å². The molecule has 1 unspecified atom stereocenters. The molecule has 3 rings (SSSR count). The Labute approximate surface area is 135 Å². The van der Waals surface area contributed by atoms with Gasteiger partial charge in [-0.2, -0.15) is 0 Å². The van der Waals surface area contributed by atoms with E-state index in [4.69, 9.17) is 14.2 Å². The van der Waals surface area contributed by atoms with Gasteiger partial charge in [-0.1, -0.05) is 30.3 Å². The molecule has 0 bridgehead atoms. The van der Waals surface area contributed by atoms with Crippen LogP contribution >= 0.6 is 11.8 Å². The van der Waals surface area contributed by atoms with Crippen LogP contribution in [0.5, 0.6) is 11.5 Å². The van der Waals surface area contributed by atoms with E-state index in [1.54, 1.807) is 0 Å². The highest BCUT2D eigenvalue weighted by Gasteiger charge is 2.17. The molecule has 116 valence electrons. The Morgan fingerprint density at radius 2 is 1.82 bits per heavy atom. The first-order valence-corrected chi connectivity index (χ1v) is 8.52. The third kappa shape index (κ3) is 3.96. The second kappa shape index (κ2) is 7.56. The number of aryl methyl sites for hydroxylation is 1. The number of hydrogen-bond acceptors (Lipinski definition) is 4. The Morgan fingerprint density at radius 3 is 2.55 bits per heavy atom. The fourth-order valence-electron chi connectivity index (χ4n) is 2.30. The summed E-state index contributed by atoms with van der Waals surface area (Å²) in [4.78, 5) is 0. The fraction of sp³-hybridized carbons (Fsp3) is 0.333. The third-order valence-corrected chi connectivity index (χ3v) is 4.59. The second-order valence-electron chi connectivity index (χ2n) is 5.10. The van der Waals surface area contributed by atoms with Gasteiger partial charge in [-0.15, -0.1) is 11.8 Å². The first-order valence-electron chi connectivity index (χ1n) is 7.47. The van der Waals surface area contributed by atoms with E-state index in [0.29, 0.717) is 13.2 Å². The molecule has 0 aromatic heterocycles. The minimum absolute atomic E-state index is 0.179. The largest absolute Gasteiger partial charge is 0.490 e. The molecule has 2 aromatic rings. The van der Waals surface area contributed by atoms with Crippen molar-refractivity contribution in [3.63, 3.8) is 0 Å². The lowest BCUT2D eigenvalue weighted by molar-refractivity contribution is 0.145. The van der Waals surface area contributed by atoms with Crippen LogP contribution in [0.25, 0.3) is 0 Å². The Hall–Kier alpha value is -1.65.